The van der Waals surface area contributed by atoms with Gasteiger partial charge in [-0.1, -0.05) is 23.6 Å². The van der Waals surface area contributed by atoms with Crippen LogP contribution in [0.5, 0.6) is 0 Å². The monoisotopic (exact) mass is 869 g/mol. The molecule has 0 radical (unpaired) electrons. The Labute approximate surface area is 343 Å². The molecule has 0 spiro atoms. The van der Waals surface area contributed by atoms with Gasteiger partial charge in [0.2, 0.25) is 15.9 Å². The number of halogens is 7. The van der Waals surface area contributed by atoms with Crippen LogP contribution in [0.25, 0.3) is 22.0 Å². The summed E-state index contributed by atoms with van der Waals surface area (Å²) in [5, 5.41) is 8.54. The van der Waals surface area contributed by atoms with E-state index in [4.69, 9.17) is 22.3 Å². The van der Waals surface area contributed by atoms with Crippen molar-refractivity contribution in [1.82, 2.24) is 34.1 Å². The van der Waals surface area contributed by atoms with E-state index in [-0.39, 0.29) is 61.8 Å². The fourth-order valence-corrected chi connectivity index (χ4v) is 8.95. The molecule has 3 N–H and O–H groups in total. The van der Waals surface area contributed by atoms with Crippen LogP contribution in [0.2, 0.25) is 5.02 Å². The largest absolute Gasteiger partial charge is 0.368 e. The van der Waals surface area contributed by atoms with Gasteiger partial charge in [0, 0.05) is 54.0 Å². The second kappa shape index (κ2) is 14.4. The number of benzene rings is 2. The van der Waals surface area contributed by atoms with E-state index in [0.717, 1.165) is 18.4 Å². The summed E-state index contributed by atoms with van der Waals surface area (Å²) in [6, 6.07) is 6.63. The first-order valence-corrected chi connectivity index (χ1v) is 20.6. The van der Waals surface area contributed by atoms with Crippen molar-refractivity contribution in [1.29, 1.82) is 0 Å². The van der Waals surface area contributed by atoms with Crippen LogP contribution in [0.1, 0.15) is 78.5 Å². The van der Waals surface area contributed by atoms with Gasteiger partial charge in [-0.2, -0.15) is 19.0 Å². The predicted octanol–water partition coefficient (Wildman–Crippen LogP) is 7.32. The van der Waals surface area contributed by atoms with Gasteiger partial charge in [-0.05, 0) is 74.4 Å². The maximum absolute atomic E-state index is 16.2. The number of hydrogen-bond donors (Lipinski definition) is 2. The highest BCUT2D eigenvalue weighted by Gasteiger charge is 2.67. The van der Waals surface area contributed by atoms with Crippen LogP contribution in [-0.4, -0.2) is 54.7 Å². The third-order valence-corrected chi connectivity index (χ3v) is 11.8. The van der Waals surface area contributed by atoms with Crippen molar-refractivity contribution in [3.8, 4) is 23.0 Å². The lowest BCUT2D eigenvalue weighted by Gasteiger charge is -2.29. The Balaban J connectivity index is 1.43. The molecule has 1 amide bonds. The summed E-state index contributed by atoms with van der Waals surface area (Å²) >= 11 is 6.65. The molecule has 60 heavy (non-hydrogen) atoms. The highest BCUT2D eigenvalue weighted by molar-refractivity contribution is 7.92. The summed E-state index contributed by atoms with van der Waals surface area (Å²) in [6.07, 6.45) is 1.87. The van der Waals surface area contributed by atoms with Crippen LogP contribution in [-0.2, 0) is 39.7 Å². The van der Waals surface area contributed by atoms with Crippen LogP contribution in [0.4, 0.5) is 32.2 Å². The van der Waals surface area contributed by atoms with E-state index in [1.54, 1.807) is 49.3 Å². The fraction of sp³-hybridized carbons (Fsp3) is 0.325. The number of nitrogens with zero attached hydrogens (tertiary/aromatic N) is 7. The number of imidazole rings is 1. The molecule has 312 valence electrons. The molecule has 8 rings (SSSR count). The van der Waals surface area contributed by atoms with E-state index in [2.05, 4.69) is 31.7 Å². The third kappa shape index (κ3) is 7.14. The van der Waals surface area contributed by atoms with Crippen molar-refractivity contribution in [2.24, 2.45) is 18.7 Å². The van der Waals surface area contributed by atoms with Gasteiger partial charge in [-0.25, -0.2) is 40.6 Å². The van der Waals surface area contributed by atoms with Gasteiger partial charge in [0.25, 0.3) is 12.3 Å². The number of amides is 1. The quantitative estimate of drug-likeness (QED) is 0.102. The van der Waals surface area contributed by atoms with Crippen molar-refractivity contribution < 1.29 is 39.6 Å². The molecule has 12 nitrogen and oxygen atoms in total. The number of fused-ring (bicyclic) bond motifs is 4. The van der Waals surface area contributed by atoms with Crippen LogP contribution < -0.4 is 10.5 Å². The first kappa shape index (κ1) is 40.9. The van der Waals surface area contributed by atoms with Crippen molar-refractivity contribution in [2.75, 3.05) is 11.0 Å². The molecule has 4 atom stereocenters. The molecule has 1 saturated carbocycles. The Morgan fingerprint density at radius 1 is 1.08 bits per heavy atom. The molecule has 6 aromatic rings. The minimum Gasteiger partial charge on any atom is -0.368 e. The Morgan fingerprint density at radius 2 is 1.78 bits per heavy atom. The highest BCUT2D eigenvalue weighted by Crippen LogP contribution is 2.68. The zero-order chi connectivity index (χ0) is 43.2. The Hall–Kier alpha value is -5.87. The summed E-state index contributed by atoms with van der Waals surface area (Å²) in [7, 11) is -2.37. The van der Waals surface area contributed by atoms with E-state index in [1.165, 1.54) is 23.9 Å². The average molecular weight is 870 g/mol. The number of nitrogens with one attached hydrogen (secondary N) is 1. The number of aryl methyl sites for hydroxylation is 1. The first-order chi connectivity index (χ1) is 28.2. The summed E-state index contributed by atoms with van der Waals surface area (Å²) in [5.74, 6) is -4.76. The van der Waals surface area contributed by atoms with Gasteiger partial charge in [0.15, 0.2) is 5.82 Å². The minimum absolute atomic E-state index is 0.0616. The maximum atomic E-state index is 16.2. The van der Waals surface area contributed by atoms with Crippen LogP contribution in [0.15, 0.2) is 61.2 Å². The Bertz CT molecular complexity index is 2880. The van der Waals surface area contributed by atoms with Crippen molar-refractivity contribution in [3.05, 3.63) is 112 Å². The van der Waals surface area contributed by atoms with E-state index in [0.29, 0.717) is 10.7 Å². The van der Waals surface area contributed by atoms with E-state index in [1.807, 2.05) is 0 Å². The zero-order valence-corrected chi connectivity index (χ0v) is 33.6. The lowest BCUT2D eigenvalue weighted by Crippen LogP contribution is -2.37. The summed E-state index contributed by atoms with van der Waals surface area (Å²) in [4.78, 5) is 22.9. The molecular weight excluding hydrogens is 836 g/mol. The molecule has 4 heterocycles. The molecule has 0 aliphatic heterocycles. The summed E-state index contributed by atoms with van der Waals surface area (Å²) in [5.41, 5.74) is 3.67. The minimum atomic E-state index is -3.88. The number of carbonyl (C=O) groups excluding carboxylic acids is 1. The Kier molecular flexibility index (Phi) is 9.81. The van der Waals surface area contributed by atoms with Crippen LogP contribution >= 0.6 is 11.6 Å². The molecule has 1 fully saturated rings. The number of sulfonamides is 1. The fourth-order valence-electron chi connectivity index (χ4n) is 8.21. The van der Waals surface area contributed by atoms with Crippen LogP contribution in [0.3, 0.4) is 0 Å². The van der Waals surface area contributed by atoms with Gasteiger partial charge >= 0.3 is 0 Å². The molecule has 0 bridgehead atoms. The van der Waals surface area contributed by atoms with Gasteiger partial charge < -0.3 is 10.3 Å². The average Bonchev–Trinajstić information content (AvgIpc) is 3.41. The molecular formula is C40H34ClF6N9O3S. The second-order valence-electron chi connectivity index (χ2n) is 15.5. The lowest BCUT2D eigenvalue weighted by molar-refractivity contribution is -0.122. The van der Waals surface area contributed by atoms with Gasteiger partial charge in [0.05, 0.1) is 34.2 Å². The van der Waals surface area contributed by atoms with E-state index < -0.39 is 87.1 Å². The van der Waals surface area contributed by atoms with Crippen molar-refractivity contribution in [3.63, 3.8) is 0 Å². The Morgan fingerprint density at radius 3 is 2.42 bits per heavy atom. The number of hydrogen-bond acceptors (Lipinski definition) is 7. The zero-order valence-electron chi connectivity index (χ0n) is 32.1. The molecule has 0 saturated heterocycles. The normalized spacial score (nSPS) is 17.9. The maximum Gasteiger partial charge on any atom is 0.293 e. The summed E-state index contributed by atoms with van der Waals surface area (Å²) < 4.78 is 122. The molecule has 2 aliphatic rings. The number of rotatable bonds is 11. The molecule has 4 aromatic heterocycles. The SMILES string of the molecule is Cn1nc(NS(C)(=O)=O)c2c(Cl)ccc(-c3ccc(C#CC(C)(C)n4ccnc4)nc3[C@@H](Cc3cc(F)cc(F)c3)C(C(N)=O)n3nc(C(F)F)c4c3C(F)(F)[C@@H]3C[C@H]43)c21. The van der Waals surface area contributed by atoms with Crippen molar-refractivity contribution in [2.45, 2.75) is 62.5 Å². The van der Waals surface area contributed by atoms with Gasteiger partial charge in [0.1, 0.15) is 40.3 Å². The second-order valence-corrected chi connectivity index (χ2v) is 17.6. The lowest BCUT2D eigenvalue weighted by atomic mass is 9.84. The number of nitrogens with two attached hydrogens (primary N) is 1. The van der Waals surface area contributed by atoms with Crippen LogP contribution in [0, 0.1) is 29.4 Å². The first-order valence-electron chi connectivity index (χ1n) is 18.3. The summed E-state index contributed by atoms with van der Waals surface area (Å²) in [6.45, 7) is 3.61. The van der Waals surface area contributed by atoms with Crippen molar-refractivity contribution >= 4 is 44.3 Å². The molecule has 20 heteroatoms. The van der Waals surface area contributed by atoms with Gasteiger partial charge in [-0.3, -0.25) is 14.2 Å². The smallest absolute Gasteiger partial charge is 0.293 e. The van der Waals surface area contributed by atoms with E-state index >= 15 is 8.78 Å². The van der Waals surface area contributed by atoms with Gasteiger partial charge in [-0.15, -0.1) is 0 Å². The van der Waals surface area contributed by atoms with E-state index in [9.17, 15) is 30.8 Å². The predicted molar refractivity (Wildman–Crippen MR) is 209 cm³/mol. The number of carbonyl (C=O) groups is 1. The number of pyridine rings is 1. The standard InChI is InChI=1S/C40H34ClF6N9O3S/c1-39(2,55-12-11-49-18-55)10-9-22-5-6-23(24-7-8-28(41)30-33(24)54(3)52-38(30)53-60(4,58)59)31(50-22)26(15-19-13-20(42)16-21(43)14-19)34(37(48)57)56-35-29(32(51-56)36(44)45)25-17-27(25)40(35,46)47/h5-8,11-14,16,18,25-27,34,36H,15,17H2,1-4H3,(H2,48,57)(H,52,53)/t25-,26+,27+,34?/m0/s1. The highest BCUT2D eigenvalue weighted by atomic mass is 35.5. The number of aromatic nitrogens is 7. The number of anilines is 1. The number of primary amides is 1. The molecule has 2 aliphatic carbocycles. The molecule has 1 unspecified atom stereocenters. The number of alkyl halides is 4. The third-order valence-electron chi connectivity index (χ3n) is 10.9. The molecule has 2 aromatic carbocycles. The topological polar surface area (TPSA) is 156 Å².